The molecule has 2 atom stereocenters. The Bertz CT molecular complexity index is 493. The summed E-state index contributed by atoms with van der Waals surface area (Å²) < 4.78 is 0. The van der Waals surface area contributed by atoms with E-state index >= 15 is 0 Å². The predicted molar refractivity (Wildman–Crippen MR) is 78.9 cm³/mol. The lowest BCUT2D eigenvalue weighted by Crippen LogP contribution is -2.52. The highest BCUT2D eigenvalue weighted by Crippen LogP contribution is 2.30. The first-order chi connectivity index (χ1) is 9.39. The minimum Gasteiger partial charge on any atom is -0.480 e. The van der Waals surface area contributed by atoms with Crippen LogP contribution in [0.5, 0.6) is 0 Å². The van der Waals surface area contributed by atoms with Gasteiger partial charge in [0.1, 0.15) is 5.54 Å². The van der Waals surface area contributed by atoms with E-state index in [1.807, 2.05) is 19.9 Å². The molecule has 0 bridgehead atoms. The molecule has 5 nitrogen and oxygen atoms in total. The van der Waals surface area contributed by atoms with Crippen LogP contribution in [0.1, 0.15) is 38.8 Å². The molecule has 0 aromatic carbocycles. The Morgan fingerprint density at radius 1 is 1.65 bits per heavy atom. The van der Waals surface area contributed by atoms with Crippen molar-refractivity contribution < 1.29 is 9.90 Å². The second-order valence-electron chi connectivity index (χ2n) is 5.67. The van der Waals surface area contributed by atoms with Gasteiger partial charge >= 0.3 is 5.97 Å². The van der Waals surface area contributed by atoms with Crippen molar-refractivity contribution in [3.8, 4) is 0 Å². The van der Waals surface area contributed by atoms with Gasteiger partial charge in [-0.25, -0.2) is 9.97 Å². The first-order valence-electron chi connectivity index (χ1n) is 6.86. The zero-order valence-corrected chi connectivity index (χ0v) is 12.9. The smallest absolute Gasteiger partial charge is 0.323 e. The van der Waals surface area contributed by atoms with Crippen molar-refractivity contribution in [1.82, 2.24) is 15.3 Å². The van der Waals surface area contributed by atoms with Crippen LogP contribution in [-0.2, 0) is 4.79 Å². The van der Waals surface area contributed by atoms with Crippen LogP contribution in [0.25, 0.3) is 0 Å². The maximum Gasteiger partial charge on any atom is 0.323 e. The van der Waals surface area contributed by atoms with Crippen LogP contribution in [0.15, 0.2) is 17.4 Å². The van der Waals surface area contributed by atoms with Gasteiger partial charge in [0.25, 0.3) is 0 Å². The van der Waals surface area contributed by atoms with Crippen LogP contribution in [0.3, 0.4) is 0 Å². The number of nitrogens with zero attached hydrogens (tertiary/aromatic N) is 2. The summed E-state index contributed by atoms with van der Waals surface area (Å²) in [5, 5.41) is 13.5. The van der Waals surface area contributed by atoms with Crippen LogP contribution in [0.4, 0.5) is 0 Å². The highest BCUT2D eigenvalue weighted by Gasteiger charge is 2.39. The molecule has 1 aliphatic carbocycles. The van der Waals surface area contributed by atoms with Gasteiger partial charge in [0.05, 0.1) is 0 Å². The van der Waals surface area contributed by atoms with Crippen molar-refractivity contribution in [3.05, 3.63) is 18.0 Å². The maximum absolute atomic E-state index is 11.5. The van der Waals surface area contributed by atoms with Crippen molar-refractivity contribution in [2.24, 2.45) is 0 Å². The van der Waals surface area contributed by atoms with Gasteiger partial charge in [-0.2, -0.15) is 0 Å². The number of aromatic nitrogens is 2. The van der Waals surface area contributed by atoms with Gasteiger partial charge < -0.3 is 5.11 Å². The monoisotopic (exact) mass is 295 g/mol. The molecule has 20 heavy (non-hydrogen) atoms. The Morgan fingerprint density at radius 3 is 2.90 bits per heavy atom. The van der Waals surface area contributed by atoms with E-state index in [1.165, 1.54) is 11.8 Å². The summed E-state index contributed by atoms with van der Waals surface area (Å²) in [4.78, 5) is 20.1. The molecule has 2 unspecified atom stereocenters. The fourth-order valence-corrected chi connectivity index (χ4v) is 3.26. The third kappa shape index (κ3) is 4.18. The summed E-state index contributed by atoms with van der Waals surface area (Å²) in [6, 6.07) is 2.22. The lowest BCUT2D eigenvalue weighted by molar-refractivity contribution is -0.144. The van der Waals surface area contributed by atoms with Crippen LogP contribution in [0.2, 0.25) is 0 Å². The number of nitrogens with one attached hydrogen (secondary N) is 1. The van der Waals surface area contributed by atoms with E-state index in [1.54, 1.807) is 13.1 Å². The van der Waals surface area contributed by atoms with E-state index in [0.717, 1.165) is 18.5 Å². The van der Waals surface area contributed by atoms with Crippen molar-refractivity contribution in [2.45, 2.75) is 62.0 Å². The van der Waals surface area contributed by atoms with E-state index < -0.39 is 11.5 Å². The number of aliphatic carboxylic acids is 1. The second-order valence-corrected chi connectivity index (χ2v) is 7.07. The van der Waals surface area contributed by atoms with Gasteiger partial charge in [-0.1, -0.05) is 18.7 Å². The fourth-order valence-electron chi connectivity index (χ4n) is 2.17. The summed E-state index contributed by atoms with van der Waals surface area (Å²) in [6.07, 6.45) is 4.42. The second kappa shape index (κ2) is 6.10. The maximum atomic E-state index is 11.5. The average Bonchev–Trinajstić information content (AvgIpc) is 3.12. The van der Waals surface area contributed by atoms with Crippen molar-refractivity contribution >= 4 is 17.7 Å². The van der Waals surface area contributed by atoms with E-state index in [0.29, 0.717) is 17.6 Å². The number of thioether (sulfide) groups is 1. The summed E-state index contributed by atoms with van der Waals surface area (Å²) in [7, 11) is 0. The molecule has 6 heteroatoms. The normalized spacial score (nSPS) is 19.4. The van der Waals surface area contributed by atoms with Crippen LogP contribution < -0.4 is 5.32 Å². The highest BCUT2D eigenvalue weighted by atomic mass is 32.2. The molecule has 0 radical (unpaired) electrons. The number of hydrogen-bond donors (Lipinski definition) is 2. The molecule has 0 saturated heterocycles. The van der Waals surface area contributed by atoms with Gasteiger partial charge in [-0.3, -0.25) is 10.1 Å². The summed E-state index contributed by atoms with van der Waals surface area (Å²) in [6.45, 7) is 5.71. The standard InChI is InChI=1S/C14H21N3O2S/c1-9-6-7-15-13(16-9)20-10(2)8-14(3,12(18)19)17-11-4-5-11/h6-7,10-11,17H,4-5,8H2,1-3H3,(H,18,19). The molecule has 1 aromatic heterocycles. The Balaban J connectivity index is 1.97. The zero-order valence-electron chi connectivity index (χ0n) is 12.1. The minimum atomic E-state index is -0.878. The molecular formula is C14H21N3O2S. The minimum absolute atomic E-state index is 0.129. The quantitative estimate of drug-likeness (QED) is 0.593. The van der Waals surface area contributed by atoms with E-state index in [9.17, 15) is 9.90 Å². The summed E-state index contributed by atoms with van der Waals surface area (Å²) in [5.41, 5.74) is 0.0454. The van der Waals surface area contributed by atoms with Crippen molar-refractivity contribution in [2.75, 3.05) is 0 Å². The van der Waals surface area contributed by atoms with Crippen LogP contribution >= 0.6 is 11.8 Å². The average molecular weight is 295 g/mol. The topological polar surface area (TPSA) is 75.1 Å². The molecular weight excluding hydrogens is 274 g/mol. The Kier molecular flexibility index (Phi) is 4.65. The molecule has 1 aromatic rings. The van der Waals surface area contributed by atoms with E-state index in [2.05, 4.69) is 15.3 Å². The molecule has 1 saturated carbocycles. The number of carboxylic acid groups (broad SMARTS) is 1. The Morgan fingerprint density at radius 2 is 2.35 bits per heavy atom. The van der Waals surface area contributed by atoms with Gasteiger partial charge in [-0.15, -0.1) is 0 Å². The van der Waals surface area contributed by atoms with Crippen molar-refractivity contribution in [1.29, 1.82) is 0 Å². The third-order valence-electron chi connectivity index (χ3n) is 3.35. The number of carboxylic acids is 1. The van der Waals surface area contributed by atoms with Crippen LogP contribution in [0, 0.1) is 6.92 Å². The molecule has 0 amide bonds. The summed E-state index contributed by atoms with van der Waals surface area (Å²) >= 11 is 1.52. The fraction of sp³-hybridized carbons (Fsp3) is 0.643. The zero-order chi connectivity index (χ0) is 14.8. The molecule has 1 fully saturated rings. The van der Waals surface area contributed by atoms with Crippen molar-refractivity contribution in [3.63, 3.8) is 0 Å². The van der Waals surface area contributed by atoms with Gasteiger partial charge in [0, 0.05) is 23.2 Å². The number of aryl methyl sites for hydroxylation is 1. The molecule has 0 spiro atoms. The van der Waals surface area contributed by atoms with E-state index in [-0.39, 0.29) is 5.25 Å². The SMILES string of the molecule is Cc1ccnc(SC(C)CC(C)(NC2CC2)C(=O)O)n1. The predicted octanol–water partition coefficient (Wildman–Crippen LogP) is 2.25. The number of carbonyl (C=O) groups is 1. The molecule has 2 N–H and O–H groups in total. The Hall–Kier alpha value is -1.14. The lowest BCUT2D eigenvalue weighted by Gasteiger charge is -2.28. The van der Waals surface area contributed by atoms with Crippen LogP contribution in [-0.4, -0.2) is 37.9 Å². The summed E-state index contributed by atoms with van der Waals surface area (Å²) in [5.74, 6) is -0.790. The Labute approximate surface area is 123 Å². The largest absolute Gasteiger partial charge is 0.480 e. The molecule has 1 aliphatic rings. The van der Waals surface area contributed by atoms with Gasteiger partial charge in [0.15, 0.2) is 5.16 Å². The van der Waals surface area contributed by atoms with Gasteiger partial charge in [-0.05, 0) is 39.2 Å². The van der Waals surface area contributed by atoms with Gasteiger partial charge in [0.2, 0.25) is 0 Å². The third-order valence-corrected chi connectivity index (χ3v) is 4.32. The molecule has 2 rings (SSSR count). The molecule has 0 aliphatic heterocycles. The first-order valence-corrected chi connectivity index (χ1v) is 7.74. The van der Waals surface area contributed by atoms with E-state index in [4.69, 9.17) is 0 Å². The number of rotatable bonds is 7. The first kappa shape index (κ1) is 15.3. The highest BCUT2D eigenvalue weighted by molar-refractivity contribution is 7.99. The number of hydrogen-bond acceptors (Lipinski definition) is 5. The lowest BCUT2D eigenvalue weighted by atomic mass is 9.96. The molecule has 1 heterocycles. The molecule has 110 valence electrons.